The summed E-state index contributed by atoms with van der Waals surface area (Å²) in [6, 6.07) is 2.72. The molecule has 15 heteroatoms. The maximum atomic E-state index is 12.3. The van der Waals surface area contributed by atoms with Gasteiger partial charge >= 0.3 is 11.9 Å². The lowest BCUT2D eigenvalue weighted by atomic mass is 10.0. The summed E-state index contributed by atoms with van der Waals surface area (Å²) in [7, 11) is 1.40. The number of nitro groups is 1. The van der Waals surface area contributed by atoms with Crippen LogP contribution in [0.2, 0.25) is 0 Å². The average molecular weight is 561 g/mol. The van der Waals surface area contributed by atoms with Crippen molar-refractivity contribution in [3.8, 4) is 5.75 Å². The summed E-state index contributed by atoms with van der Waals surface area (Å²) < 4.78 is 18.7. The molecular formula is C24H28N6O8S. The number of benzene rings is 1. The highest BCUT2D eigenvalue weighted by Crippen LogP contribution is 2.41. The Morgan fingerprint density at radius 1 is 1.15 bits per heavy atom. The van der Waals surface area contributed by atoms with E-state index in [0.29, 0.717) is 16.3 Å². The lowest BCUT2D eigenvalue weighted by molar-refractivity contribution is -0.419. The Morgan fingerprint density at radius 2 is 1.82 bits per heavy atom. The second-order valence-corrected chi connectivity index (χ2v) is 8.86. The molecule has 0 radical (unpaired) electrons. The maximum Gasteiger partial charge on any atom is 0.325 e. The Bertz CT molecular complexity index is 1260. The van der Waals surface area contributed by atoms with E-state index in [1.807, 2.05) is 0 Å². The van der Waals surface area contributed by atoms with Crippen LogP contribution < -0.4 is 19.7 Å². The van der Waals surface area contributed by atoms with Crippen LogP contribution in [-0.2, 0) is 23.9 Å². The molecule has 1 aliphatic carbocycles. The van der Waals surface area contributed by atoms with E-state index in [0.717, 1.165) is 11.9 Å². The molecule has 1 aliphatic heterocycles. The number of anilines is 2. The first-order valence-electron chi connectivity index (χ1n) is 11.8. The van der Waals surface area contributed by atoms with Crippen LogP contribution in [0.5, 0.6) is 5.75 Å². The van der Waals surface area contributed by atoms with Crippen molar-refractivity contribution in [3.63, 3.8) is 0 Å². The highest BCUT2D eigenvalue weighted by molar-refractivity contribution is 8.01. The van der Waals surface area contributed by atoms with Gasteiger partial charge in [0.05, 0.1) is 42.7 Å². The fourth-order valence-corrected chi connectivity index (χ4v) is 4.48. The Kier molecular flexibility index (Phi) is 10.2. The molecule has 0 fully saturated rings. The first-order valence-corrected chi connectivity index (χ1v) is 12.7. The predicted molar refractivity (Wildman–Crippen MR) is 143 cm³/mol. The fourth-order valence-electron chi connectivity index (χ4n) is 3.65. The van der Waals surface area contributed by atoms with Gasteiger partial charge in [0.25, 0.3) is 5.70 Å². The van der Waals surface area contributed by atoms with Gasteiger partial charge in [-0.15, -0.1) is 10.2 Å². The minimum Gasteiger partial charge on any atom is -0.494 e. The number of allylic oxidation sites excluding steroid dienone is 1. The fraction of sp³-hybridized carbons (Fsp3) is 0.375. The number of methoxy groups -OCH3 is 1. The number of nitrogens with zero attached hydrogens (tertiary/aromatic N) is 4. The molecule has 0 aromatic heterocycles. The number of amides is 1. The van der Waals surface area contributed by atoms with Gasteiger partial charge in [0.1, 0.15) is 29.6 Å². The first-order chi connectivity index (χ1) is 18.7. The molecule has 0 spiro atoms. The van der Waals surface area contributed by atoms with Gasteiger partial charge in [0.15, 0.2) is 0 Å². The lowest BCUT2D eigenvalue weighted by Gasteiger charge is -2.25. The monoisotopic (exact) mass is 560 g/mol. The van der Waals surface area contributed by atoms with E-state index < -0.39 is 22.8 Å². The lowest BCUT2D eigenvalue weighted by Crippen LogP contribution is -2.36. The SMILES string of the molecule is CCOC(=O)CN(CC(=O)OCC)c1cc(NC(C)=O)c(N=NC2=C3C=C([N+](=O)[O-])C=CC3NS2)cc1OC. The topological polar surface area (TPSA) is 174 Å². The van der Waals surface area contributed by atoms with Gasteiger partial charge in [-0.25, -0.2) is 4.72 Å². The predicted octanol–water partition coefficient (Wildman–Crippen LogP) is 3.23. The van der Waals surface area contributed by atoms with E-state index in [4.69, 9.17) is 14.2 Å². The zero-order chi connectivity index (χ0) is 28.5. The van der Waals surface area contributed by atoms with Gasteiger partial charge in [0, 0.05) is 30.7 Å². The van der Waals surface area contributed by atoms with Gasteiger partial charge in [-0.3, -0.25) is 24.5 Å². The summed E-state index contributed by atoms with van der Waals surface area (Å²) in [4.78, 5) is 48.7. The number of carbonyl (C=O) groups excluding carboxylic acids is 3. The summed E-state index contributed by atoms with van der Waals surface area (Å²) in [6.07, 6.45) is 4.50. The smallest absolute Gasteiger partial charge is 0.325 e. The molecule has 2 aliphatic rings. The number of azo groups is 1. The molecule has 0 bridgehead atoms. The number of hydrogen-bond donors (Lipinski definition) is 2. The summed E-state index contributed by atoms with van der Waals surface area (Å²) in [5.41, 5.74) is 1.24. The quantitative estimate of drug-likeness (QED) is 0.126. The van der Waals surface area contributed by atoms with Crippen LogP contribution in [0.3, 0.4) is 0 Å². The van der Waals surface area contributed by atoms with Crippen LogP contribution in [0.4, 0.5) is 17.1 Å². The number of carbonyl (C=O) groups is 3. The highest BCUT2D eigenvalue weighted by Gasteiger charge is 2.29. The largest absolute Gasteiger partial charge is 0.494 e. The van der Waals surface area contributed by atoms with Crippen LogP contribution in [0, 0.1) is 10.1 Å². The van der Waals surface area contributed by atoms with Crippen molar-refractivity contribution in [1.82, 2.24) is 4.72 Å². The summed E-state index contributed by atoms with van der Waals surface area (Å²) in [5, 5.41) is 22.8. The molecule has 1 aromatic carbocycles. The van der Waals surface area contributed by atoms with E-state index in [2.05, 4.69) is 20.3 Å². The molecule has 1 atom stereocenters. The Morgan fingerprint density at radius 3 is 2.38 bits per heavy atom. The molecule has 0 saturated heterocycles. The van der Waals surface area contributed by atoms with Crippen LogP contribution in [0.15, 0.2) is 56.9 Å². The van der Waals surface area contributed by atoms with Crippen molar-refractivity contribution in [2.45, 2.75) is 26.8 Å². The van der Waals surface area contributed by atoms with E-state index in [-0.39, 0.29) is 55.2 Å². The Labute approximate surface area is 228 Å². The molecule has 39 heavy (non-hydrogen) atoms. The van der Waals surface area contributed by atoms with E-state index >= 15 is 0 Å². The number of fused-ring (bicyclic) bond motifs is 1. The standard InChI is InChI=1S/C24H28N6O8S/c1-5-37-22(32)12-29(13-23(33)38-6-2)20-10-18(25-14(3)31)19(11-21(20)36-4)26-27-24-16-9-15(30(34)35)7-8-17(16)28-39-24/h7-11,17,28H,5-6,12-13H2,1-4H3,(H,25,31). The van der Waals surface area contributed by atoms with Gasteiger partial charge < -0.3 is 24.4 Å². The molecule has 2 N–H and O–H groups in total. The third-order valence-electron chi connectivity index (χ3n) is 5.29. The van der Waals surface area contributed by atoms with Crippen molar-refractivity contribution >= 4 is 46.9 Å². The van der Waals surface area contributed by atoms with Crippen LogP contribution in [0.1, 0.15) is 20.8 Å². The average Bonchev–Trinajstić information content (AvgIpc) is 3.29. The molecule has 1 unspecified atom stereocenters. The molecule has 3 rings (SSSR count). The van der Waals surface area contributed by atoms with Crippen LogP contribution in [-0.4, -0.2) is 62.2 Å². The van der Waals surface area contributed by atoms with Crippen molar-refractivity contribution in [3.05, 3.63) is 56.8 Å². The van der Waals surface area contributed by atoms with Crippen molar-refractivity contribution in [1.29, 1.82) is 0 Å². The zero-order valence-electron chi connectivity index (χ0n) is 21.8. The van der Waals surface area contributed by atoms with E-state index in [1.54, 1.807) is 19.9 Å². The molecule has 208 valence electrons. The Hall–Kier alpha value is -4.24. The minimum absolute atomic E-state index is 0.0773. The first kappa shape index (κ1) is 29.3. The van der Waals surface area contributed by atoms with Gasteiger partial charge in [0.2, 0.25) is 5.91 Å². The van der Waals surface area contributed by atoms with Crippen molar-refractivity contribution < 1.29 is 33.5 Å². The van der Waals surface area contributed by atoms with Crippen LogP contribution in [0.25, 0.3) is 0 Å². The zero-order valence-corrected chi connectivity index (χ0v) is 22.6. The van der Waals surface area contributed by atoms with E-state index in [1.165, 1.54) is 43.2 Å². The van der Waals surface area contributed by atoms with Crippen molar-refractivity contribution in [2.24, 2.45) is 10.2 Å². The van der Waals surface area contributed by atoms with Gasteiger partial charge in [-0.05, 0) is 31.9 Å². The molecular weight excluding hydrogens is 532 g/mol. The normalized spacial score (nSPS) is 16.0. The minimum atomic E-state index is -0.578. The molecule has 0 saturated carbocycles. The number of ether oxygens (including phenoxy) is 3. The van der Waals surface area contributed by atoms with Gasteiger partial charge in [-0.1, -0.05) is 6.08 Å². The number of rotatable bonds is 12. The second kappa shape index (κ2) is 13.5. The maximum absolute atomic E-state index is 12.3. The molecule has 14 nitrogen and oxygen atoms in total. The summed E-state index contributed by atoms with van der Waals surface area (Å²) in [6.45, 7) is 4.36. The second-order valence-electron chi connectivity index (χ2n) is 8.03. The third-order valence-corrected chi connectivity index (χ3v) is 6.17. The molecule has 1 aromatic rings. The molecule has 1 amide bonds. The third kappa shape index (κ3) is 7.64. The van der Waals surface area contributed by atoms with E-state index in [9.17, 15) is 24.5 Å². The summed E-state index contributed by atoms with van der Waals surface area (Å²) >= 11 is 1.16. The number of hydrogen-bond acceptors (Lipinski definition) is 13. The van der Waals surface area contributed by atoms with Gasteiger partial charge in [-0.2, -0.15) is 0 Å². The molecule has 1 heterocycles. The summed E-state index contributed by atoms with van der Waals surface area (Å²) in [5.74, 6) is -1.33. The highest BCUT2D eigenvalue weighted by atomic mass is 32.2. The van der Waals surface area contributed by atoms with Crippen molar-refractivity contribution in [2.75, 3.05) is 43.6 Å². The van der Waals surface area contributed by atoms with Crippen LogP contribution >= 0.6 is 11.9 Å². The number of nitrogens with one attached hydrogen (secondary N) is 2. The number of esters is 2. The Balaban J connectivity index is 2.04.